The number of aromatic nitrogens is 2. The second-order valence-electron chi connectivity index (χ2n) is 7.40. The highest BCUT2D eigenvalue weighted by molar-refractivity contribution is 7.20. The normalized spacial score (nSPS) is 12.6. The van der Waals surface area contributed by atoms with Crippen LogP contribution in [-0.4, -0.2) is 41.2 Å². The maximum atomic E-state index is 12.8. The van der Waals surface area contributed by atoms with E-state index in [0.717, 1.165) is 27.2 Å². The largest absolute Gasteiger partial charge is 0.468 e. The SMILES string of the molecule is Cc1nn(Cc2ccc(Cl)cc2)c2sc(C(=O)NC[C@@H](c3ccco3)N(C)C)cc12. The van der Waals surface area contributed by atoms with Gasteiger partial charge in [-0.25, -0.2) is 0 Å². The molecule has 3 aromatic heterocycles. The first kappa shape index (κ1) is 20.7. The minimum Gasteiger partial charge on any atom is -0.468 e. The number of hydrogen-bond acceptors (Lipinski definition) is 5. The summed E-state index contributed by atoms with van der Waals surface area (Å²) in [7, 11) is 3.93. The molecule has 30 heavy (non-hydrogen) atoms. The zero-order valence-electron chi connectivity index (χ0n) is 17.1. The lowest BCUT2D eigenvalue weighted by Crippen LogP contribution is -2.34. The van der Waals surface area contributed by atoms with Gasteiger partial charge < -0.3 is 9.73 Å². The van der Waals surface area contributed by atoms with Gasteiger partial charge in [0.2, 0.25) is 0 Å². The van der Waals surface area contributed by atoms with Crippen LogP contribution in [0.5, 0.6) is 0 Å². The van der Waals surface area contributed by atoms with Crippen molar-refractivity contribution in [3.8, 4) is 0 Å². The molecule has 3 heterocycles. The van der Waals surface area contributed by atoms with Crippen LogP contribution >= 0.6 is 22.9 Å². The van der Waals surface area contributed by atoms with E-state index in [9.17, 15) is 4.79 Å². The minimum absolute atomic E-state index is 0.0274. The molecule has 0 saturated carbocycles. The third-order valence-corrected chi connectivity index (χ3v) is 6.43. The van der Waals surface area contributed by atoms with E-state index < -0.39 is 0 Å². The molecule has 0 aliphatic carbocycles. The number of likely N-dealkylation sites (N-methyl/N-ethyl adjacent to an activating group) is 1. The Morgan fingerprint density at radius 3 is 2.73 bits per heavy atom. The molecular formula is C22H23ClN4O2S. The topological polar surface area (TPSA) is 63.3 Å². The fourth-order valence-electron chi connectivity index (χ4n) is 3.39. The average Bonchev–Trinajstić information content (AvgIpc) is 3.43. The van der Waals surface area contributed by atoms with Crippen molar-refractivity contribution >= 4 is 39.1 Å². The van der Waals surface area contributed by atoms with Gasteiger partial charge in [0, 0.05) is 17.0 Å². The lowest BCUT2D eigenvalue weighted by Gasteiger charge is -2.22. The molecule has 1 aromatic carbocycles. The van der Waals surface area contributed by atoms with Crippen LogP contribution in [0.3, 0.4) is 0 Å². The molecule has 0 spiro atoms. The summed E-state index contributed by atoms with van der Waals surface area (Å²) >= 11 is 7.44. The summed E-state index contributed by atoms with van der Waals surface area (Å²) in [5.41, 5.74) is 2.02. The summed E-state index contributed by atoms with van der Waals surface area (Å²) in [4.78, 5) is 16.5. The fourth-order valence-corrected chi connectivity index (χ4v) is 4.59. The van der Waals surface area contributed by atoms with Crippen molar-refractivity contribution in [2.45, 2.75) is 19.5 Å². The van der Waals surface area contributed by atoms with Crippen molar-refractivity contribution < 1.29 is 9.21 Å². The Hall–Kier alpha value is -2.61. The van der Waals surface area contributed by atoms with E-state index in [1.165, 1.54) is 11.3 Å². The second kappa shape index (κ2) is 8.63. The predicted octanol–water partition coefficient (Wildman–Crippen LogP) is 4.73. The van der Waals surface area contributed by atoms with Crippen molar-refractivity contribution in [2.24, 2.45) is 0 Å². The van der Waals surface area contributed by atoms with Crippen molar-refractivity contribution in [3.63, 3.8) is 0 Å². The molecule has 0 fully saturated rings. The molecule has 0 aliphatic rings. The van der Waals surface area contributed by atoms with Gasteiger partial charge in [0.1, 0.15) is 10.6 Å². The smallest absolute Gasteiger partial charge is 0.261 e. The Labute approximate surface area is 184 Å². The van der Waals surface area contributed by atoms with Gasteiger partial charge in [0.15, 0.2) is 0 Å². The van der Waals surface area contributed by atoms with Crippen molar-refractivity contribution in [1.29, 1.82) is 0 Å². The number of aryl methyl sites for hydroxylation is 1. The van der Waals surface area contributed by atoms with Gasteiger partial charge in [-0.05, 0) is 56.9 Å². The second-order valence-corrected chi connectivity index (χ2v) is 8.87. The molecule has 156 valence electrons. The molecule has 0 saturated heterocycles. The zero-order valence-corrected chi connectivity index (χ0v) is 18.6. The molecule has 0 radical (unpaired) electrons. The number of furan rings is 1. The van der Waals surface area contributed by atoms with Crippen LogP contribution in [0.15, 0.2) is 53.1 Å². The molecule has 0 aliphatic heterocycles. The molecule has 8 heteroatoms. The number of nitrogens with one attached hydrogen (secondary N) is 1. The Morgan fingerprint density at radius 1 is 1.30 bits per heavy atom. The van der Waals surface area contributed by atoms with Crippen LogP contribution in [-0.2, 0) is 6.54 Å². The fraction of sp³-hybridized carbons (Fsp3) is 0.273. The van der Waals surface area contributed by atoms with Gasteiger partial charge in [-0.2, -0.15) is 5.10 Å². The number of fused-ring (bicyclic) bond motifs is 1. The Kier molecular flexibility index (Phi) is 5.94. The number of amides is 1. The van der Waals surface area contributed by atoms with Gasteiger partial charge >= 0.3 is 0 Å². The van der Waals surface area contributed by atoms with Gasteiger partial charge in [-0.1, -0.05) is 23.7 Å². The standard InChI is InChI=1S/C22H23ClN4O2S/c1-14-17-11-20(21(28)24-12-18(26(2)3)19-5-4-10-29-19)30-22(17)27(25-14)13-15-6-8-16(23)9-7-15/h4-11,18H,12-13H2,1-3H3,(H,24,28)/t18-/m0/s1. The average molecular weight is 443 g/mol. The summed E-state index contributed by atoms with van der Waals surface area (Å²) in [5, 5.41) is 9.40. The molecule has 4 rings (SSSR count). The third-order valence-electron chi connectivity index (χ3n) is 5.03. The number of hydrogen-bond donors (Lipinski definition) is 1. The maximum Gasteiger partial charge on any atom is 0.261 e. The molecule has 1 atom stereocenters. The van der Waals surface area contributed by atoms with Crippen LogP contribution in [0.4, 0.5) is 0 Å². The van der Waals surface area contributed by atoms with Crippen LogP contribution < -0.4 is 5.32 Å². The number of carbonyl (C=O) groups is 1. The highest BCUT2D eigenvalue weighted by Gasteiger charge is 2.20. The van der Waals surface area contributed by atoms with Gasteiger partial charge in [-0.15, -0.1) is 11.3 Å². The van der Waals surface area contributed by atoms with Gasteiger partial charge in [0.05, 0.1) is 29.4 Å². The Balaban J connectivity index is 1.51. The van der Waals surface area contributed by atoms with Crippen molar-refractivity contribution in [3.05, 3.63) is 75.6 Å². The first-order valence-corrected chi connectivity index (χ1v) is 10.8. The number of nitrogens with zero attached hydrogens (tertiary/aromatic N) is 3. The zero-order chi connectivity index (χ0) is 21.3. The molecule has 0 bridgehead atoms. The Morgan fingerprint density at radius 2 is 2.07 bits per heavy atom. The quantitative estimate of drug-likeness (QED) is 0.449. The van der Waals surface area contributed by atoms with E-state index in [-0.39, 0.29) is 11.9 Å². The van der Waals surface area contributed by atoms with E-state index in [4.69, 9.17) is 16.0 Å². The van der Waals surface area contributed by atoms with Crippen LogP contribution in [0.2, 0.25) is 5.02 Å². The Bertz CT molecular complexity index is 1150. The van der Waals surface area contributed by atoms with E-state index >= 15 is 0 Å². The molecule has 4 aromatic rings. The van der Waals surface area contributed by atoms with Crippen molar-refractivity contribution in [1.82, 2.24) is 20.0 Å². The summed E-state index contributed by atoms with van der Waals surface area (Å²) in [5.74, 6) is 0.734. The number of benzene rings is 1. The summed E-state index contributed by atoms with van der Waals surface area (Å²) in [6, 6.07) is 13.4. The summed E-state index contributed by atoms with van der Waals surface area (Å²) in [6.07, 6.45) is 1.65. The number of halogens is 1. The van der Waals surface area contributed by atoms with E-state index in [2.05, 4.69) is 10.4 Å². The minimum atomic E-state index is -0.0907. The molecule has 1 N–H and O–H groups in total. The number of thiophene rings is 1. The van der Waals surface area contributed by atoms with Gasteiger partial charge in [0.25, 0.3) is 5.91 Å². The number of rotatable bonds is 7. The number of carbonyl (C=O) groups excluding carboxylic acids is 1. The molecule has 6 nitrogen and oxygen atoms in total. The maximum absolute atomic E-state index is 12.8. The monoisotopic (exact) mass is 442 g/mol. The lowest BCUT2D eigenvalue weighted by molar-refractivity contribution is 0.0943. The lowest BCUT2D eigenvalue weighted by atomic mass is 10.2. The first-order valence-electron chi connectivity index (χ1n) is 9.62. The van der Waals surface area contributed by atoms with E-state index in [1.54, 1.807) is 6.26 Å². The molecular weight excluding hydrogens is 420 g/mol. The van der Waals surface area contributed by atoms with E-state index in [0.29, 0.717) is 23.0 Å². The van der Waals surface area contributed by atoms with Crippen LogP contribution in [0.25, 0.3) is 10.2 Å². The van der Waals surface area contributed by atoms with E-state index in [1.807, 2.05) is 73.1 Å². The highest BCUT2D eigenvalue weighted by atomic mass is 35.5. The summed E-state index contributed by atoms with van der Waals surface area (Å²) in [6.45, 7) is 3.06. The highest BCUT2D eigenvalue weighted by Crippen LogP contribution is 2.29. The van der Waals surface area contributed by atoms with Gasteiger partial charge in [-0.3, -0.25) is 14.4 Å². The van der Waals surface area contributed by atoms with Crippen LogP contribution in [0, 0.1) is 6.92 Å². The molecule has 1 amide bonds. The van der Waals surface area contributed by atoms with Crippen molar-refractivity contribution in [2.75, 3.05) is 20.6 Å². The van der Waals surface area contributed by atoms with Crippen LogP contribution in [0.1, 0.15) is 32.7 Å². The first-order chi connectivity index (χ1) is 14.4. The summed E-state index contributed by atoms with van der Waals surface area (Å²) < 4.78 is 7.46. The predicted molar refractivity (Wildman–Crippen MR) is 120 cm³/mol. The third kappa shape index (κ3) is 4.28. The molecule has 0 unspecified atom stereocenters.